The normalized spacial score (nSPS) is 10.6. The van der Waals surface area contributed by atoms with Gasteiger partial charge in [-0.25, -0.2) is 9.67 Å². The molecule has 8 nitrogen and oxygen atoms in total. The maximum Gasteiger partial charge on any atom is 0.234 e. The molecule has 8 heteroatoms. The largest absolute Gasteiger partial charge is 0.349 e. The van der Waals surface area contributed by atoms with Crippen LogP contribution in [0.5, 0.6) is 0 Å². The van der Waals surface area contributed by atoms with Crippen molar-refractivity contribution in [2.75, 3.05) is 6.54 Å². The first-order valence-corrected chi connectivity index (χ1v) is 6.07. The SMILES string of the molecule is CCn1cncc1Cn1cc(CNC(=O)CN)nn1. The molecule has 2 rings (SSSR count). The summed E-state index contributed by atoms with van der Waals surface area (Å²) < 4.78 is 3.75. The molecular formula is C11H17N7O. The first kappa shape index (κ1) is 13.2. The van der Waals surface area contributed by atoms with Gasteiger partial charge >= 0.3 is 0 Å². The fourth-order valence-electron chi connectivity index (χ4n) is 1.69. The van der Waals surface area contributed by atoms with Gasteiger partial charge in [0.15, 0.2) is 0 Å². The molecule has 0 spiro atoms. The maximum atomic E-state index is 11.0. The van der Waals surface area contributed by atoms with E-state index in [0.29, 0.717) is 18.8 Å². The number of carbonyl (C=O) groups is 1. The number of rotatable bonds is 6. The Balaban J connectivity index is 1.95. The van der Waals surface area contributed by atoms with E-state index in [2.05, 4.69) is 27.5 Å². The molecule has 0 fully saturated rings. The minimum absolute atomic E-state index is 0.0240. The van der Waals surface area contributed by atoms with E-state index in [0.717, 1.165) is 12.2 Å². The Bertz CT molecular complexity index is 545. The number of nitrogens with two attached hydrogens (primary N) is 1. The van der Waals surface area contributed by atoms with Crippen LogP contribution in [0.1, 0.15) is 18.3 Å². The predicted octanol–water partition coefficient (Wildman–Crippen LogP) is -0.882. The number of amides is 1. The van der Waals surface area contributed by atoms with E-state index in [1.807, 2.05) is 4.57 Å². The Kier molecular flexibility index (Phi) is 4.24. The Hall–Kier alpha value is -2.22. The number of imidazole rings is 1. The van der Waals surface area contributed by atoms with Crippen molar-refractivity contribution in [1.29, 1.82) is 0 Å². The molecule has 2 aromatic heterocycles. The van der Waals surface area contributed by atoms with Crippen LogP contribution >= 0.6 is 0 Å². The molecule has 0 aliphatic heterocycles. The third kappa shape index (κ3) is 3.38. The minimum Gasteiger partial charge on any atom is -0.349 e. The van der Waals surface area contributed by atoms with Crippen molar-refractivity contribution >= 4 is 5.91 Å². The zero-order valence-corrected chi connectivity index (χ0v) is 10.8. The molecule has 19 heavy (non-hydrogen) atoms. The Morgan fingerprint density at radius 1 is 1.53 bits per heavy atom. The van der Waals surface area contributed by atoms with Crippen molar-refractivity contribution in [2.24, 2.45) is 5.73 Å². The molecule has 0 aliphatic carbocycles. The molecule has 3 N–H and O–H groups in total. The molecule has 0 saturated heterocycles. The van der Waals surface area contributed by atoms with Crippen molar-refractivity contribution in [3.05, 3.63) is 30.1 Å². The molecule has 0 radical (unpaired) electrons. The van der Waals surface area contributed by atoms with Crippen LogP contribution in [0.4, 0.5) is 0 Å². The first-order valence-electron chi connectivity index (χ1n) is 6.07. The first-order chi connectivity index (χ1) is 9.22. The molecule has 0 atom stereocenters. The van der Waals surface area contributed by atoms with Crippen molar-refractivity contribution in [3.8, 4) is 0 Å². The van der Waals surface area contributed by atoms with Crippen LogP contribution in [0.25, 0.3) is 0 Å². The lowest BCUT2D eigenvalue weighted by molar-refractivity contribution is -0.119. The fraction of sp³-hybridized carbons (Fsp3) is 0.455. The highest BCUT2D eigenvalue weighted by atomic mass is 16.1. The van der Waals surface area contributed by atoms with Crippen LogP contribution in [0.3, 0.4) is 0 Å². The molecule has 1 amide bonds. The fourth-order valence-corrected chi connectivity index (χ4v) is 1.69. The van der Waals surface area contributed by atoms with Crippen molar-refractivity contribution in [1.82, 2.24) is 29.9 Å². The summed E-state index contributed by atoms with van der Waals surface area (Å²) in [7, 11) is 0. The summed E-state index contributed by atoms with van der Waals surface area (Å²) in [6.45, 7) is 3.84. The lowest BCUT2D eigenvalue weighted by atomic mass is 10.4. The second-order valence-corrected chi connectivity index (χ2v) is 4.06. The quantitative estimate of drug-likeness (QED) is 0.704. The molecule has 0 saturated carbocycles. The van der Waals surface area contributed by atoms with Gasteiger partial charge in [-0.1, -0.05) is 5.21 Å². The summed E-state index contributed by atoms with van der Waals surface area (Å²) in [4.78, 5) is 15.1. The lowest BCUT2D eigenvalue weighted by Crippen LogP contribution is -2.29. The van der Waals surface area contributed by atoms with Crippen LogP contribution in [0, 0.1) is 0 Å². The van der Waals surface area contributed by atoms with E-state index in [9.17, 15) is 4.79 Å². The number of nitrogens with zero attached hydrogens (tertiary/aromatic N) is 5. The Labute approximate surface area is 110 Å². The highest BCUT2D eigenvalue weighted by Gasteiger charge is 2.06. The van der Waals surface area contributed by atoms with Crippen molar-refractivity contribution in [2.45, 2.75) is 26.6 Å². The number of aromatic nitrogens is 5. The van der Waals surface area contributed by atoms with Gasteiger partial charge < -0.3 is 15.6 Å². The average Bonchev–Trinajstić information content (AvgIpc) is 3.05. The van der Waals surface area contributed by atoms with Crippen molar-refractivity contribution < 1.29 is 4.79 Å². The average molecular weight is 263 g/mol. The van der Waals surface area contributed by atoms with E-state index >= 15 is 0 Å². The van der Waals surface area contributed by atoms with Crippen molar-refractivity contribution in [3.63, 3.8) is 0 Å². The second-order valence-electron chi connectivity index (χ2n) is 4.06. The summed E-state index contributed by atoms with van der Waals surface area (Å²) in [5.41, 5.74) is 6.96. The maximum absolute atomic E-state index is 11.0. The molecule has 2 aromatic rings. The highest BCUT2D eigenvalue weighted by molar-refractivity contribution is 5.77. The van der Waals surface area contributed by atoms with E-state index in [4.69, 9.17) is 5.73 Å². The third-order valence-electron chi connectivity index (χ3n) is 2.70. The number of carbonyl (C=O) groups excluding carboxylic acids is 1. The number of nitrogens with one attached hydrogen (secondary N) is 1. The topological polar surface area (TPSA) is 104 Å². The molecule has 0 bridgehead atoms. The minimum atomic E-state index is -0.210. The summed E-state index contributed by atoms with van der Waals surface area (Å²) in [5, 5.41) is 10.6. The summed E-state index contributed by atoms with van der Waals surface area (Å²) in [6.07, 6.45) is 5.39. The standard InChI is InChI=1S/C11H17N7O/c1-2-17-8-13-5-10(17)7-18-6-9(15-16-18)4-14-11(19)3-12/h5-6,8H,2-4,7,12H2,1H3,(H,14,19). The van der Waals surface area contributed by atoms with Crippen LogP contribution in [0.2, 0.25) is 0 Å². The van der Waals surface area contributed by atoms with E-state index < -0.39 is 0 Å². The van der Waals surface area contributed by atoms with Crippen LogP contribution in [-0.2, 0) is 24.4 Å². The van der Waals surface area contributed by atoms with E-state index in [-0.39, 0.29) is 12.5 Å². The number of hydrogen-bond donors (Lipinski definition) is 2. The van der Waals surface area contributed by atoms with Crippen LogP contribution < -0.4 is 11.1 Å². The molecular weight excluding hydrogens is 246 g/mol. The lowest BCUT2D eigenvalue weighted by Gasteiger charge is -2.04. The van der Waals surface area contributed by atoms with Gasteiger partial charge in [-0.3, -0.25) is 4.79 Å². The Morgan fingerprint density at radius 2 is 2.37 bits per heavy atom. The van der Waals surface area contributed by atoms with Gasteiger partial charge in [-0.05, 0) is 6.92 Å². The van der Waals surface area contributed by atoms with Crippen LogP contribution in [-0.4, -0.2) is 37.0 Å². The second kappa shape index (κ2) is 6.10. The number of aryl methyl sites for hydroxylation is 1. The number of hydrogen-bond acceptors (Lipinski definition) is 5. The smallest absolute Gasteiger partial charge is 0.234 e. The van der Waals surface area contributed by atoms with E-state index in [1.165, 1.54) is 0 Å². The van der Waals surface area contributed by atoms with Gasteiger partial charge in [-0.15, -0.1) is 5.10 Å². The van der Waals surface area contributed by atoms with Gasteiger partial charge in [0.25, 0.3) is 0 Å². The van der Waals surface area contributed by atoms with Crippen LogP contribution in [0.15, 0.2) is 18.7 Å². The summed E-state index contributed by atoms with van der Waals surface area (Å²) in [6, 6.07) is 0. The zero-order chi connectivity index (χ0) is 13.7. The highest BCUT2D eigenvalue weighted by Crippen LogP contribution is 2.02. The van der Waals surface area contributed by atoms with Gasteiger partial charge in [0.05, 0.1) is 44.0 Å². The molecule has 0 unspecified atom stereocenters. The van der Waals surface area contributed by atoms with E-state index in [1.54, 1.807) is 23.4 Å². The third-order valence-corrected chi connectivity index (χ3v) is 2.70. The molecule has 102 valence electrons. The van der Waals surface area contributed by atoms with Gasteiger partial charge in [-0.2, -0.15) is 0 Å². The monoisotopic (exact) mass is 263 g/mol. The van der Waals surface area contributed by atoms with Gasteiger partial charge in [0, 0.05) is 6.54 Å². The molecule has 2 heterocycles. The summed E-state index contributed by atoms with van der Waals surface area (Å²) >= 11 is 0. The molecule has 0 aromatic carbocycles. The molecule has 0 aliphatic rings. The van der Waals surface area contributed by atoms with Gasteiger partial charge in [0.2, 0.25) is 5.91 Å². The van der Waals surface area contributed by atoms with Gasteiger partial charge in [0.1, 0.15) is 5.69 Å². The predicted molar refractivity (Wildman–Crippen MR) is 67.9 cm³/mol. The Morgan fingerprint density at radius 3 is 3.11 bits per heavy atom. The summed E-state index contributed by atoms with van der Waals surface area (Å²) in [5.74, 6) is -0.210. The zero-order valence-electron chi connectivity index (χ0n) is 10.8.